The first kappa shape index (κ1) is 15.7. The first-order valence-electron chi connectivity index (χ1n) is 6.69. The molecule has 0 atom stereocenters. The lowest BCUT2D eigenvalue weighted by Gasteiger charge is -2.04. The largest absolute Gasteiger partial charge is 0.481 e. The second-order valence-corrected chi connectivity index (χ2v) is 5.52. The topological polar surface area (TPSA) is 66.4 Å². The Morgan fingerprint density at radius 3 is 2.68 bits per heavy atom. The van der Waals surface area contributed by atoms with Crippen molar-refractivity contribution in [3.8, 4) is 0 Å². The lowest BCUT2D eigenvalue weighted by atomic mass is 10.2. The van der Waals surface area contributed by atoms with Crippen LogP contribution in [0.25, 0.3) is 0 Å². The predicted octanol–water partition coefficient (Wildman–Crippen LogP) is 2.83. The standard InChI is InChI=1S/C14H21NO3S/c16-13(8-4-6-12-7-5-11-19-12)15-10-3-1-2-9-14(17)18/h5,7,11H,1-4,6,8-10H2,(H,15,16)(H,17,18). The zero-order valence-corrected chi connectivity index (χ0v) is 11.9. The maximum absolute atomic E-state index is 11.5. The molecule has 0 fully saturated rings. The van der Waals surface area contributed by atoms with E-state index in [1.54, 1.807) is 11.3 Å². The molecule has 1 aromatic rings. The van der Waals surface area contributed by atoms with Gasteiger partial charge in [0.1, 0.15) is 0 Å². The van der Waals surface area contributed by atoms with Gasteiger partial charge in [-0.25, -0.2) is 0 Å². The highest BCUT2D eigenvalue weighted by Gasteiger charge is 2.02. The first-order valence-corrected chi connectivity index (χ1v) is 7.57. The normalized spacial score (nSPS) is 10.3. The number of carboxylic acids is 1. The van der Waals surface area contributed by atoms with Crippen molar-refractivity contribution in [1.82, 2.24) is 5.32 Å². The highest BCUT2D eigenvalue weighted by Crippen LogP contribution is 2.11. The number of rotatable bonds is 10. The molecule has 1 heterocycles. The summed E-state index contributed by atoms with van der Waals surface area (Å²) in [7, 11) is 0. The van der Waals surface area contributed by atoms with Crippen LogP contribution in [-0.2, 0) is 16.0 Å². The van der Waals surface area contributed by atoms with Crippen molar-refractivity contribution in [2.45, 2.75) is 44.9 Å². The van der Waals surface area contributed by atoms with Crippen molar-refractivity contribution in [2.24, 2.45) is 0 Å². The van der Waals surface area contributed by atoms with Gasteiger partial charge in [0.15, 0.2) is 0 Å². The van der Waals surface area contributed by atoms with Crippen LogP contribution in [0, 0.1) is 0 Å². The molecule has 1 aromatic heterocycles. The average Bonchev–Trinajstić information content (AvgIpc) is 2.86. The molecule has 106 valence electrons. The summed E-state index contributed by atoms with van der Waals surface area (Å²) in [6, 6.07) is 4.11. The summed E-state index contributed by atoms with van der Waals surface area (Å²) in [6.45, 7) is 0.650. The summed E-state index contributed by atoms with van der Waals surface area (Å²) in [4.78, 5) is 23.1. The number of carbonyl (C=O) groups excluding carboxylic acids is 1. The number of unbranched alkanes of at least 4 members (excludes halogenated alkanes) is 2. The quantitative estimate of drug-likeness (QED) is 0.649. The van der Waals surface area contributed by atoms with Gasteiger partial charge >= 0.3 is 5.97 Å². The molecule has 0 bridgehead atoms. The van der Waals surface area contributed by atoms with E-state index in [2.05, 4.69) is 11.4 Å². The fourth-order valence-corrected chi connectivity index (χ4v) is 2.52. The Bertz CT molecular complexity index is 376. The van der Waals surface area contributed by atoms with Crippen molar-refractivity contribution >= 4 is 23.2 Å². The number of thiophene rings is 1. The summed E-state index contributed by atoms with van der Waals surface area (Å²) in [6.07, 6.45) is 5.01. The maximum Gasteiger partial charge on any atom is 0.303 e. The first-order chi connectivity index (χ1) is 9.18. The van der Waals surface area contributed by atoms with Gasteiger partial charge in [0.25, 0.3) is 0 Å². The second-order valence-electron chi connectivity index (χ2n) is 4.49. The van der Waals surface area contributed by atoms with Gasteiger partial charge in [0.05, 0.1) is 0 Å². The molecule has 0 saturated carbocycles. The van der Waals surface area contributed by atoms with Crippen molar-refractivity contribution in [3.05, 3.63) is 22.4 Å². The summed E-state index contributed by atoms with van der Waals surface area (Å²) < 4.78 is 0. The minimum atomic E-state index is -0.752. The Morgan fingerprint density at radius 2 is 2.00 bits per heavy atom. The second kappa shape index (κ2) is 9.55. The molecule has 2 N–H and O–H groups in total. The van der Waals surface area contributed by atoms with E-state index in [0.29, 0.717) is 19.4 Å². The van der Waals surface area contributed by atoms with Gasteiger partial charge in [-0.2, -0.15) is 0 Å². The Hall–Kier alpha value is -1.36. The summed E-state index contributed by atoms with van der Waals surface area (Å²) >= 11 is 1.72. The highest BCUT2D eigenvalue weighted by atomic mass is 32.1. The number of aliphatic carboxylic acids is 1. The Labute approximate surface area is 117 Å². The Kier molecular flexibility index (Phi) is 7.89. The molecule has 0 saturated heterocycles. The number of carbonyl (C=O) groups is 2. The van der Waals surface area contributed by atoms with Gasteiger partial charge < -0.3 is 10.4 Å². The maximum atomic E-state index is 11.5. The van der Waals surface area contributed by atoms with Crippen LogP contribution in [0.4, 0.5) is 0 Å². The molecule has 0 radical (unpaired) electrons. The number of nitrogens with one attached hydrogen (secondary N) is 1. The van der Waals surface area contributed by atoms with Gasteiger partial charge in [0.2, 0.25) is 5.91 Å². The molecule has 0 unspecified atom stereocenters. The van der Waals surface area contributed by atoms with E-state index in [9.17, 15) is 9.59 Å². The number of hydrogen-bond donors (Lipinski definition) is 2. The van der Waals surface area contributed by atoms with Gasteiger partial charge in [-0.05, 0) is 37.1 Å². The molecule has 0 spiro atoms. The Balaban J connectivity index is 1.92. The van der Waals surface area contributed by atoms with Gasteiger partial charge in [-0.15, -0.1) is 11.3 Å². The van der Waals surface area contributed by atoms with Crippen LogP contribution in [-0.4, -0.2) is 23.5 Å². The monoisotopic (exact) mass is 283 g/mol. The molecular formula is C14H21NO3S. The highest BCUT2D eigenvalue weighted by molar-refractivity contribution is 7.09. The zero-order chi connectivity index (χ0) is 13.9. The summed E-state index contributed by atoms with van der Waals surface area (Å²) in [5.74, 6) is -0.660. The summed E-state index contributed by atoms with van der Waals surface area (Å²) in [5.41, 5.74) is 0. The number of aryl methyl sites for hydroxylation is 1. The minimum absolute atomic E-state index is 0.0924. The molecule has 1 amide bonds. The Morgan fingerprint density at radius 1 is 1.16 bits per heavy atom. The van der Waals surface area contributed by atoms with Crippen LogP contribution in [0.2, 0.25) is 0 Å². The van der Waals surface area contributed by atoms with Crippen molar-refractivity contribution < 1.29 is 14.7 Å². The van der Waals surface area contributed by atoms with Crippen LogP contribution in [0.1, 0.15) is 43.4 Å². The van der Waals surface area contributed by atoms with E-state index >= 15 is 0 Å². The zero-order valence-electron chi connectivity index (χ0n) is 11.1. The number of hydrogen-bond acceptors (Lipinski definition) is 3. The fraction of sp³-hybridized carbons (Fsp3) is 0.571. The molecule has 4 nitrogen and oxygen atoms in total. The van der Waals surface area contributed by atoms with E-state index < -0.39 is 5.97 Å². The van der Waals surface area contributed by atoms with E-state index in [1.165, 1.54) is 4.88 Å². The molecular weight excluding hydrogens is 262 g/mol. The van der Waals surface area contributed by atoms with Crippen LogP contribution < -0.4 is 5.32 Å². The lowest BCUT2D eigenvalue weighted by Crippen LogP contribution is -2.24. The third-order valence-electron chi connectivity index (χ3n) is 2.80. The molecule has 5 heteroatoms. The van der Waals surface area contributed by atoms with Gasteiger partial charge in [-0.1, -0.05) is 12.5 Å². The van der Waals surface area contributed by atoms with Crippen LogP contribution in [0.5, 0.6) is 0 Å². The third kappa shape index (κ3) is 8.37. The lowest BCUT2D eigenvalue weighted by molar-refractivity contribution is -0.137. The molecule has 0 aromatic carbocycles. The van der Waals surface area contributed by atoms with Crippen molar-refractivity contribution in [1.29, 1.82) is 0 Å². The van der Waals surface area contributed by atoms with Gasteiger partial charge in [0, 0.05) is 24.3 Å². The third-order valence-corrected chi connectivity index (χ3v) is 3.73. The average molecular weight is 283 g/mol. The number of carboxylic acid groups (broad SMARTS) is 1. The molecule has 0 aliphatic rings. The van der Waals surface area contributed by atoms with Crippen molar-refractivity contribution in [3.63, 3.8) is 0 Å². The minimum Gasteiger partial charge on any atom is -0.481 e. The molecule has 19 heavy (non-hydrogen) atoms. The van der Waals surface area contributed by atoms with E-state index in [4.69, 9.17) is 5.11 Å². The summed E-state index contributed by atoms with van der Waals surface area (Å²) in [5, 5.41) is 13.4. The van der Waals surface area contributed by atoms with E-state index in [0.717, 1.165) is 25.7 Å². The molecule has 0 aliphatic carbocycles. The van der Waals surface area contributed by atoms with Gasteiger partial charge in [-0.3, -0.25) is 9.59 Å². The van der Waals surface area contributed by atoms with E-state index in [1.807, 2.05) is 11.4 Å². The predicted molar refractivity (Wildman–Crippen MR) is 76.4 cm³/mol. The van der Waals surface area contributed by atoms with E-state index in [-0.39, 0.29) is 12.3 Å². The number of amides is 1. The molecule has 1 rings (SSSR count). The van der Waals surface area contributed by atoms with Crippen LogP contribution in [0.3, 0.4) is 0 Å². The fourth-order valence-electron chi connectivity index (χ4n) is 1.77. The van der Waals surface area contributed by atoms with Crippen molar-refractivity contribution in [2.75, 3.05) is 6.54 Å². The SMILES string of the molecule is O=C(O)CCCCCNC(=O)CCCc1cccs1. The smallest absolute Gasteiger partial charge is 0.303 e. The van der Waals surface area contributed by atoms with Crippen LogP contribution in [0.15, 0.2) is 17.5 Å². The molecule has 0 aliphatic heterocycles. The van der Waals surface area contributed by atoms with Crippen LogP contribution >= 0.6 is 11.3 Å².